The predicted octanol–water partition coefficient (Wildman–Crippen LogP) is 2.38. The molecule has 1 aromatic rings. The third kappa shape index (κ3) is 4.26. The maximum absolute atomic E-state index is 13.2. The van der Waals surface area contributed by atoms with Crippen molar-refractivity contribution in [2.45, 2.75) is 65.3 Å². The molecule has 2 aliphatic heterocycles. The normalized spacial score (nSPS) is 24.0. The lowest BCUT2D eigenvalue weighted by Crippen LogP contribution is -2.41. The van der Waals surface area contributed by atoms with E-state index < -0.39 is 24.5 Å². The van der Waals surface area contributed by atoms with Gasteiger partial charge in [-0.1, -0.05) is 12.1 Å². The second-order valence-corrected chi connectivity index (χ2v) is 9.06. The highest BCUT2D eigenvalue weighted by atomic mass is 19.1. The number of nitrogens with zero attached hydrogens (tertiary/aromatic N) is 1. The van der Waals surface area contributed by atoms with E-state index in [2.05, 4.69) is 5.32 Å². The van der Waals surface area contributed by atoms with Crippen molar-refractivity contribution in [2.24, 2.45) is 0 Å². The van der Waals surface area contributed by atoms with Gasteiger partial charge in [0.05, 0.1) is 11.2 Å². The van der Waals surface area contributed by atoms with E-state index in [1.165, 1.54) is 0 Å². The zero-order chi connectivity index (χ0) is 20.7. The minimum Gasteiger partial charge on any atom is -0.399 e. The predicted molar refractivity (Wildman–Crippen MR) is 110 cm³/mol. The lowest BCUT2D eigenvalue weighted by Gasteiger charge is -2.32. The molecule has 1 atom stereocenters. The van der Waals surface area contributed by atoms with E-state index in [-0.39, 0.29) is 5.91 Å². The summed E-state index contributed by atoms with van der Waals surface area (Å²) in [7, 11) is -0.441. The van der Waals surface area contributed by atoms with Crippen LogP contribution in [0.2, 0.25) is 0 Å². The van der Waals surface area contributed by atoms with Crippen LogP contribution in [-0.4, -0.2) is 61.5 Å². The van der Waals surface area contributed by atoms with Crippen molar-refractivity contribution in [3.8, 4) is 0 Å². The zero-order valence-corrected chi connectivity index (χ0v) is 17.9. The molecular weight excluding hydrogens is 358 g/mol. The summed E-state index contributed by atoms with van der Waals surface area (Å²) >= 11 is 0. The molecule has 3 rings (SSSR count). The number of nitrogens with one attached hydrogen (secondary N) is 1. The lowest BCUT2D eigenvalue weighted by molar-refractivity contribution is 0.00578. The lowest BCUT2D eigenvalue weighted by atomic mass is 9.76. The van der Waals surface area contributed by atoms with Gasteiger partial charge in [0.15, 0.2) is 0 Å². The van der Waals surface area contributed by atoms with Crippen LogP contribution in [0.4, 0.5) is 4.39 Å². The molecule has 0 unspecified atom stereocenters. The molecule has 2 heterocycles. The monoisotopic (exact) mass is 390 g/mol. The van der Waals surface area contributed by atoms with Gasteiger partial charge < -0.3 is 14.6 Å². The number of halogens is 1. The number of rotatable bonds is 5. The van der Waals surface area contributed by atoms with Crippen LogP contribution >= 0.6 is 0 Å². The van der Waals surface area contributed by atoms with Crippen LogP contribution in [0.25, 0.3) is 0 Å². The molecule has 7 heteroatoms. The van der Waals surface area contributed by atoms with Crippen molar-refractivity contribution in [1.82, 2.24) is 10.2 Å². The summed E-state index contributed by atoms with van der Waals surface area (Å²) < 4.78 is 25.5. The van der Waals surface area contributed by atoms with E-state index in [9.17, 15) is 9.18 Å². The molecular formula is C21H32BFN2O3. The van der Waals surface area contributed by atoms with Crippen LogP contribution < -0.4 is 10.8 Å². The summed E-state index contributed by atoms with van der Waals surface area (Å²) in [6.45, 7) is 14.4. The van der Waals surface area contributed by atoms with Crippen molar-refractivity contribution in [1.29, 1.82) is 0 Å². The molecule has 1 aromatic carbocycles. The summed E-state index contributed by atoms with van der Waals surface area (Å²) in [4.78, 5) is 14.7. The first kappa shape index (κ1) is 21.3. The fraction of sp³-hybridized carbons (Fsp3) is 0.667. The average molecular weight is 390 g/mol. The minimum atomic E-state index is -0.734. The Kier molecular flexibility index (Phi) is 5.90. The van der Waals surface area contributed by atoms with E-state index in [4.69, 9.17) is 9.31 Å². The fourth-order valence-electron chi connectivity index (χ4n) is 3.87. The molecule has 2 fully saturated rings. The fourth-order valence-corrected chi connectivity index (χ4v) is 3.87. The van der Waals surface area contributed by atoms with Crippen LogP contribution in [0, 0.1) is 13.8 Å². The number of carbonyl (C=O) groups is 1. The summed E-state index contributed by atoms with van der Waals surface area (Å²) in [6.07, 6.45) is -0.144. The highest BCUT2D eigenvalue weighted by Gasteiger charge is 2.51. The average Bonchev–Trinajstić information content (AvgIpc) is 3.07. The molecule has 28 heavy (non-hydrogen) atoms. The van der Waals surface area contributed by atoms with Gasteiger partial charge in [0, 0.05) is 31.7 Å². The number of hydrogen-bond donors (Lipinski definition) is 1. The molecule has 0 saturated carbocycles. The Hall–Kier alpha value is -1.44. The van der Waals surface area contributed by atoms with Gasteiger partial charge >= 0.3 is 7.12 Å². The van der Waals surface area contributed by atoms with Gasteiger partial charge in [0.2, 0.25) is 0 Å². The molecule has 1 N–H and O–H groups in total. The summed E-state index contributed by atoms with van der Waals surface area (Å²) in [5, 5.41) is 2.97. The van der Waals surface area contributed by atoms with Crippen molar-refractivity contribution >= 4 is 18.5 Å². The minimum absolute atomic E-state index is 0.0912. The molecule has 0 radical (unpaired) electrons. The molecule has 2 aliphatic rings. The van der Waals surface area contributed by atoms with Gasteiger partial charge in [0.1, 0.15) is 6.17 Å². The molecule has 5 nitrogen and oxygen atoms in total. The van der Waals surface area contributed by atoms with Crippen LogP contribution in [0.1, 0.15) is 55.6 Å². The first-order valence-corrected chi connectivity index (χ1v) is 10.1. The van der Waals surface area contributed by atoms with Crippen molar-refractivity contribution < 1.29 is 18.5 Å². The molecule has 0 bridgehead atoms. The van der Waals surface area contributed by atoms with E-state index in [1.807, 2.05) is 58.6 Å². The third-order valence-electron chi connectivity index (χ3n) is 6.24. The first-order chi connectivity index (χ1) is 13.0. The second kappa shape index (κ2) is 7.77. The Morgan fingerprint density at radius 1 is 1.21 bits per heavy atom. The number of likely N-dealkylation sites (tertiary alicyclic amines) is 1. The van der Waals surface area contributed by atoms with Crippen LogP contribution in [0.3, 0.4) is 0 Å². The first-order valence-electron chi connectivity index (χ1n) is 10.1. The van der Waals surface area contributed by atoms with Gasteiger partial charge in [-0.3, -0.25) is 9.69 Å². The molecule has 0 aromatic heterocycles. The highest BCUT2D eigenvalue weighted by Crippen LogP contribution is 2.36. The Balaban J connectivity index is 1.66. The molecule has 2 saturated heterocycles. The van der Waals surface area contributed by atoms with E-state index in [0.29, 0.717) is 31.6 Å². The smallest absolute Gasteiger partial charge is 0.399 e. The van der Waals surface area contributed by atoms with Gasteiger partial charge in [-0.2, -0.15) is 0 Å². The zero-order valence-electron chi connectivity index (χ0n) is 17.9. The van der Waals surface area contributed by atoms with Crippen LogP contribution in [0.15, 0.2) is 12.1 Å². The third-order valence-corrected chi connectivity index (χ3v) is 6.24. The van der Waals surface area contributed by atoms with Gasteiger partial charge in [-0.25, -0.2) is 4.39 Å². The van der Waals surface area contributed by atoms with Crippen LogP contribution in [0.5, 0.6) is 0 Å². The Morgan fingerprint density at radius 3 is 2.29 bits per heavy atom. The van der Waals surface area contributed by atoms with Crippen molar-refractivity contribution in [3.05, 3.63) is 28.8 Å². The van der Waals surface area contributed by atoms with E-state index >= 15 is 0 Å². The SMILES string of the molecule is Cc1cc(B2OC(C)(C)C(C)(C)O2)cc(C)c1C(=O)NCCN1CC[C@@H](F)C1. The topological polar surface area (TPSA) is 50.8 Å². The molecule has 0 spiro atoms. The summed E-state index contributed by atoms with van der Waals surface area (Å²) in [6, 6.07) is 3.94. The van der Waals surface area contributed by atoms with E-state index in [0.717, 1.165) is 23.1 Å². The number of amides is 1. The number of alkyl halides is 1. The Labute approximate surface area is 168 Å². The quantitative estimate of drug-likeness (QED) is 0.785. The summed E-state index contributed by atoms with van der Waals surface area (Å²) in [5.74, 6) is -0.0912. The molecule has 154 valence electrons. The number of carbonyl (C=O) groups excluding carboxylic acids is 1. The maximum Gasteiger partial charge on any atom is 0.494 e. The standard InChI is InChI=1S/C21H32BFN2O3/c1-14-11-16(22-27-20(3,4)21(5,6)28-22)12-15(2)18(14)19(26)24-8-10-25-9-7-17(23)13-25/h11-12,17H,7-10,13H2,1-6H3,(H,24,26)/t17-/m1/s1. The van der Waals surface area contributed by atoms with Gasteiger partial charge in [-0.15, -0.1) is 0 Å². The molecule has 1 amide bonds. The summed E-state index contributed by atoms with van der Waals surface area (Å²) in [5.41, 5.74) is 2.61. The van der Waals surface area contributed by atoms with Gasteiger partial charge in [0.25, 0.3) is 5.91 Å². The number of benzene rings is 1. The Morgan fingerprint density at radius 2 is 1.79 bits per heavy atom. The number of aryl methyl sites for hydroxylation is 2. The maximum atomic E-state index is 13.2. The number of hydrogen-bond acceptors (Lipinski definition) is 4. The van der Waals surface area contributed by atoms with E-state index in [1.54, 1.807) is 0 Å². The Bertz CT molecular complexity index is 714. The van der Waals surface area contributed by atoms with Crippen molar-refractivity contribution in [3.63, 3.8) is 0 Å². The largest absolute Gasteiger partial charge is 0.494 e. The van der Waals surface area contributed by atoms with Crippen LogP contribution in [-0.2, 0) is 9.31 Å². The van der Waals surface area contributed by atoms with Gasteiger partial charge in [-0.05, 0) is 64.6 Å². The second-order valence-electron chi connectivity index (χ2n) is 9.06. The highest BCUT2D eigenvalue weighted by molar-refractivity contribution is 6.62. The van der Waals surface area contributed by atoms with Crippen molar-refractivity contribution in [2.75, 3.05) is 26.2 Å². The molecule has 0 aliphatic carbocycles.